The van der Waals surface area contributed by atoms with E-state index in [9.17, 15) is 9.90 Å². The lowest BCUT2D eigenvalue weighted by atomic mass is 10.00. The van der Waals surface area contributed by atoms with Gasteiger partial charge in [0.05, 0.1) is 6.61 Å². The predicted octanol–water partition coefficient (Wildman–Crippen LogP) is 4.05. The van der Waals surface area contributed by atoms with Crippen molar-refractivity contribution in [3.63, 3.8) is 0 Å². The zero-order valence-electron chi connectivity index (χ0n) is 12.7. The van der Waals surface area contributed by atoms with E-state index in [0.29, 0.717) is 13.0 Å². The molecule has 0 saturated heterocycles. The van der Waals surface area contributed by atoms with Gasteiger partial charge in [-0.15, -0.1) is 0 Å². The molecule has 1 N–H and O–H groups in total. The summed E-state index contributed by atoms with van der Waals surface area (Å²) < 4.78 is 5.64. The number of carboxylic acid groups (broad SMARTS) is 1. The Bertz CT molecular complexity index is 791. The molecule has 0 fully saturated rings. The summed E-state index contributed by atoms with van der Waals surface area (Å²) in [6, 6.07) is 23.5. The molecule has 1 atom stereocenters. The highest BCUT2D eigenvalue weighted by Crippen LogP contribution is 2.21. The van der Waals surface area contributed by atoms with Crippen LogP contribution in [0.1, 0.15) is 11.1 Å². The van der Waals surface area contributed by atoms with Crippen molar-refractivity contribution in [1.29, 1.82) is 0 Å². The molecule has 23 heavy (non-hydrogen) atoms. The maximum Gasteiger partial charge on any atom is 0.333 e. The van der Waals surface area contributed by atoms with E-state index in [4.69, 9.17) is 4.74 Å². The summed E-state index contributed by atoms with van der Waals surface area (Å²) in [5.74, 6) is -0.936. The lowest BCUT2D eigenvalue weighted by Crippen LogP contribution is -2.26. The molecule has 0 aliphatic rings. The first-order chi connectivity index (χ1) is 11.2. The SMILES string of the molecule is O=C(O)[C@H](Cc1cccc2ccccc12)OCc1ccccc1. The molecule has 0 radical (unpaired) electrons. The van der Waals surface area contributed by atoms with Crippen molar-refractivity contribution in [3.8, 4) is 0 Å². The number of ether oxygens (including phenoxy) is 1. The van der Waals surface area contributed by atoms with E-state index in [-0.39, 0.29) is 0 Å². The van der Waals surface area contributed by atoms with E-state index < -0.39 is 12.1 Å². The molecule has 0 amide bonds. The Morgan fingerprint density at radius 1 is 0.913 bits per heavy atom. The van der Waals surface area contributed by atoms with Gasteiger partial charge in [-0.25, -0.2) is 4.79 Å². The summed E-state index contributed by atoms with van der Waals surface area (Å²) in [6.07, 6.45) is -0.509. The molecule has 0 unspecified atom stereocenters. The van der Waals surface area contributed by atoms with Crippen LogP contribution in [0.4, 0.5) is 0 Å². The van der Waals surface area contributed by atoms with Gasteiger partial charge < -0.3 is 9.84 Å². The Labute approximate surface area is 135 Å². The summed E-state index contributed by atoms with van der Waals surface area (Å²) in [5.41, 5.74) is 1.96. The average Bonchev–Trinajstić information content (AvgIpc) is 2.59. The Kier molecular flexibility index (Phi) is 4.69. The number of fused-ring (bicyclic) bond motifs is 1. The molecule has 3 heteroatoms. The molecular weight excluding hydrogens is 288 g/mol. The van der Waals surface area contributed by atoms with Crippen molar-refractivity contribution >= 4 is 16.7 Å². The third-order valence-corrected chi connectivity index (χ3v) is 3.85. The van der Waals surface area contributed by atoms with Crippen molar-refractivity contribution in [2.24, 2.45) is 0 Å². The summed E-state index contributed by atoms with van der Waals surface area (Å²) in [5, 5.41) is 11.6. The fourth-order valence-corrected chi connectivity index (χ4v) is 2.66. The first-order valence-corrected chi connectivity index (χ1v) is 7.59. The van der Waals surface area contributed by atoms with E-state index in [0.717, 1.165) is 21.9 Å². The van der Waals surface area contributed by atoms with Gasteiger partial charge in [0.15, 0.2) is 6.10 Å². The molecule has 0 aliphatic carbocycles. The van der Waals surface area contributed by atoms with Crippen LogP contribution in [-0.2, 0) is 22.6 Å². The Morgan fingerprint density at radius 2 is 1.61 bits per heavy atom. The van der Waals surface area contributed by atoms with Crippen LogP contribution in [0.15, 0.2) is 72.8 Å². The highest BCUT2D eigenvalue weighted by molar-refractivity contribution is 5.86. The maximum atomic E-state index is 11.5. The smallest absolute Gasteiger partial charge is 0.333 e. The van der Waals surface area contributed by atoms with E-state index >= 15 is 0 Å². The molecule has 0 aliphatic heterocycles. The van der Waals surface area contributed by atoms with E-state index in [1.807, 2.05) is 72.8 Å². The van der Waals surface area contributed by atoms with Gasteiger partial charge in [-0.2, -0.15) is 0 Å². The second-order valence-corrected chi connectivity index (χ2v) is 5.47. The Morgan fingerprint density at radius 3 is 2.39 bits per heavy atom. The maximum absolute atomic E-state index is 11.5. The van der Waals surface area contributed by atoms with Gasteiger partial charge in [0.25, 0.3) is 0 Å². The number of aliphatic carboxylic acids is 1. The summed E-state index contributed by atoms with van der Waals surface area (Å²) >= 11 is 0. The van der Waals surface area contributed by atoms with Crippen molar-refractivity contribution in [1.82, 2.24) is 0 Å². The van der Waals surface area contributed by atoms with Gasteiger partial charge in [-0.3, -0.25) is 0 Å². The minimum Gasteiger partial charge on any atom is -0.479 e. The number of hydrogen-bond donors (Lipinski definition) is 1. The lowest BCUT2D eigenvalue weighted by Gasteiger charge is -2.15. The highest BCUT2D eigenvalue weighted by atomic mass is 16.5. The Hall–Kier alpha value is -2.65. The molecule has 0 bridgehead atoms. The van der Waals surface area contributed by atoms with Crippen LogP contribution < -0.4 is 0 Å². The highest BCUT2D eigenvalue weighted by Gasteiger charge is 2.19. The van der Waals surface area contributed by atoms with Crippen LogP contribution in [0.5, 0.6) is 0 Å². The van der Waals surface area contributed by atoms with Crippen molar-refractivity contribution < 1.29 is 14.6 Å². The number of benzene rings is 3. The number of rotatable bonds is 6. The quantitative estimate of drug-likeness (QED) is 0.747. The van der Waals surface area contributed by atoms with E-state index in [1.165, 1.54) is 0 Å². The molecule has 3 rings (SSSR count). The second-order valence-electron chi connectivity index (χ2n) is 5.47. The molecule has 3 aromatic carbocycles. The fourth-order valence-electron chi connectivity index (χ4n) is 2.66. The molecule has 3 aromatic rings. The zero-order chi connectivity index (χ0) is 16.1. The average molecular weight is 306 g/mol. The van der Waals surface area contributed by atoms with Crippen LogP contribution in [0.2, 0.25) is 0 Å². The molecule has 116 valence electrons. The predicted molar refractivity (Wildman–Crippen MR) is 90.3 cm³/mol. The molecule has 0 spiro atoms. The van der Waals surface area contributed by atoms with Crippen LogP contribution >= 0.6 is 0 Å². The number of carbonyl (C=O) groups is 1. The standard InChI is InChI=1S/C20H18O3/c21-20(22)19(23-14-15-7-2-1-3-8-15)13-17-11-6-10-16-9-4-5-12-18(16)17/h1-12,19H,13-14H2,(H,21,22)/t19-/m0/s1. The van der Waals surface area contributed by atoms with Gasteiger partial charge in [0.2, 0.25) is 0 Å². The van der Waals surface area contributed by atoms with Gasteiger partial charge in [0.1, 0.15) is 0 Å². The van der Waals surface area contributed by atoms with Gasteiger partial charge in [0, 0.05) is 6.42 Å². The van der Waals surface area contributed by atoms with Gasteiger partial charge >= 0.3 is 5.97 Å². The van der Waals surface area contributed by atoms with Crippen LogP contribution in [0.25, 0.3) is 10.8 Å². The summed E-state index contributed by atoms with van der Waals surface area (Å²) in [4.78, 5) is 11.5. The van der Waals surface area contributed by atoms with Crippen molar-refractivity contribution in [2.45, 2.75) is 19.1 Å². The first kappa shape index (κ1) is 15.3. The van der Waals surface area contributed by atoms with Crippen LogP contribution in [0, 0.1) is 0 Å². The van der Waals surface area contributed by atoms with Crippen molar-refractivity contribution in [3.05, 3.63) is 83.9 Å². The zero-order valence-corrected chi connectivity index (χ0v) is 12.7. The molecule has 0 heterocycles. The van der Waals surface area contributed by atoms with Gasteiger partial charge in [-0.1, -0.05) is 72.8 Å². The first-order valence-electron chi connectivity index (χ1n) is 7.59. The van der Waals surface area contributed by atoms with E-state index in [2.05, 4.69) is 0 Å². The second kappa shape index (κ2) is 7.07. The normalized spacial score (nSPS) is 12.2. The van der Waals surface area contributed by atoms with Crippen molar-refractivity contribution in [2.75, 3.05) is 0 Å². The van der Waals surface area contributed by atoms with Crippen LogP contribution in [0.3, 0.4) is 0 Å². The minimum atomic E-state index is -0.936. The lowest BCUT2D eigenvalue weighted by molar-refractivity contribution is -0.151. The number of carboxylic acids is 1. The number of hydrogen-bond acceptors (Lipinski definition) is 2. The summed E-state index contributed by atoms with van der Waals surface area (Å²) in [6.45, 7) is 0.294. The largest absolute Gasteiger partial charge is 0.479 e. The molecule has 0 saturated carbocycles. The van der Waals surface area contributed by atoms with E-state index in [1.54, 1.807) is 0 Å². The third-order valence-electron chi connectivity index (χ3n) is 3.85. The monoisotopic (exact) mass is 306 g/mol. The van der Waals surface area contributed by atoms with Gasteiger partial charge in [-0.05, 0) is 21.9 Å². The van der Waals surface area contributed by atoms with Crippen LogP contribution in [-0.4, -0.2) is 17.2 Å². The summed E-state index contributed by atoms with van der Waals surface area (Å²) in [7, 11) is 0. The molecular formula is C20H18O3. The minimum absolute atomic E-state index is 0.294. The molecule has 0 aromatic heterocycles. The Balaban J connectivity index is 1.78. The fraction of sp³-hybridized carbons (Fsp3) is 0.150. The topological polar surface area (TPSA) is 46.5 Å². The molecule has 3 nitrogen and oxygen atoms in total. The third kappa shape index (κ3) is 3.76.